The van der Waals surface area contributed by atoms with Gasteiger partial charge in [0.05, 0.1) is 0 Å². The molecule has 0 saturated heterocycles. The molecule has 1 unspecified atom stereocenters. The van der Waals surface area contributed by atoms with Gasteiger partial charge in [0.15, 0.2) is 0 Å². The first-order valence-electron chi connectivity index (χ1n) is 8.49. The topological polar surface area (TPSA) is 12.0 Å². The van der Waals surface area contributed by atoms with Crippen LogP contribution in [0.4, 0.5) is 0 Å². The summed E-state index contributed by atoms with van der Waals surface area (Å²) in [7, 11) is 0. The molecule has 0 radical (unpaired) electrons. The Kier molecular flexibility index (Phi) is 6.25. The summed E-state index contributed by atoms with van der Waals surface area (Å²) in [5.41, 5.74) is 1.45. The molecule has 1 heteroatoms. The summed E-state index contributed by atoms with van der Waals surface area (Å²) in [6, 6.07) is 16.1. The SMILES string of the molecule is CCCNC(Cc1ccc2ccccc2c1)C(CC)CC. The number of nitrogens with one attached hydrogen (secondary N) is 1. The summed E-state index contributed by atoms with van der Waals surface area (Å²) in [6.45, 7) is 7.99. The molecule has 0 saturated carbocycles. The Hall–Kier alpha value is -1.34. The highest BCUT2D eigenvalue weighted by atomic mass is 14.9. The van der Waals surface area contributed by atoms with Gasteiger partial charge in [0.1, 0.15) is 0 Å². The monoisotopic (exact) mass is 283 g/mol. The Bertz CT molecular complexity index is 542. The van der Waals surface area contributed by atoms with E-state index in [1.54, 1.807) is 0 Å². The third-order valence-corrected chi connectivity index (χ3v) is 4.54. The lowest BCUT2D eigenvalue weighted by Crippen LogP contribution is -2.38. The Morgan fingerprint density at radius 2 is 1.62 bits per heavy atom. The van der Waals surface area contributed by atoms with Crippen molar-refractivity contribution in [2.45, 2.75) is 52.5 Å². The minimum Gasteiger partial charge on any atom is -0.313 e. The maximum atomic E-state index is 3.77. The van der Waals surface area contributed by atoms with Gasteiger partial charge in [-0.15, -0.1) is 0 Å². The van der Waals surface area contributed by atoms with Crippen LogP contribution in [-0.2, 0) is 6.42 Å². The van der Waals surface area contributed by atoms with E-state index in [1.165, 1.54) is 35.6 Å². The molecular formula is C20H29N. The maximum Gasteiger partial charge on any atom is 0.0135 e. The van der Waals surface area contributed by atoms with Crippen molar-refractivity contribution in [2.75, 3.05) is 6.54 Å². The molecule has 0 amide bonds. The van der Waals surface area contributed by atoms with Gasteiger partial charge in [0.2, 0.25) is 0 Å². The molecule has 1 nitrogen and oxygen atoms in total. The molecule has 2 aromatic rings. The van der Waals surface area contributed by atoms with Crippen LogP contribution in [0.25, 0.3) is 10.8 Å². The van der Waals surface area contributed by atoms with Gasteiger partial charge in [-0.1, -0.05) is 76.1 Å². The van der Waals surface area contributed by atoms with E-state index in [0.717, 1.165) is 18.9 Å². The number of hydrogen-bond acceptors (Lipinski definition) is 1. The summed E-state index contributed by atoms with van der Waals surface area (Å²) >= 11 is 0. The quantitative estimate of drug-likeness (QED) is 0.703. The summed E-state index contributed by atoms with van der Waals surface area (Å²) in [5.74, 6) is 0.767. The van der Waals surface area contributed by atoms with Gasteiger partial charge in [0.25, 0.3) is 0 Å². The summed E-state index contributed by atoms with van der Waals surface area (Å²) in [6.07, 6.45) is 4.85. The van der Waals surface area contributed by atoms with Gasteiger partial charge >= 0.3 is 0 Å². The molecule has 2 rings (SSSR count). The zero-order valence-corrected chi connectivity index (χ0v) is 13.7. The molecule has 0 aliphatic heterocycles. The number of rotatable bonds is 8. The molecular weight excluding hydrogens is 254 g/mol. The first-order chi connectivity index (χ1) is 10.3. The molecule has 1 atom stereocenters. The molecule has 0 heterocycles. The van der Waals surface area contributed by atoms with Gasteiger partial charge in [-0.2, -0.15) is 0 Å². The average molecular weight is 283 g/mol. The van der Waals surface area contributed by atoms with E-state index in [4.69, 9.17) is 0 Å². The van der Waals surface area contributed by atoms with Gasteiger partial charge in [0, 0.05) is 6.04 Å². The van der Waals surface area contributed by atoms with Crippen LogP contribution in [0.5, 0.6) is 0 Å². The molecule has 1 N–H and O–H groups in total. The first-order valence-corrected chi connectivity index (χ1v) is 8.49. The van der Waals surface area contributed by atoms with Crippen LogP contribution in [-0.4, -0.2) is 12.6 Å². The Morgan fingerprint density at radius 1 is 0.905 bits per heavy atom. The molecule has 0 spiro atoms. The van der Waals surface area contributed by atoms with E-state index in [2.05, 4.69) is 68.6 Å². The first kappa shape index (κ1) is 16.0. The highest BCUT2D eigenvalue weighted by Crippen LogP contribution is 2.21. The van der Waals surface area contributed by atoms with Crippen molar-refractivity contribution in [2.24, 2.45) is 5.92 Å². The standard InChI is InChI=1S/C20H29N/c1-4-13-21-20(17(5-2)6-3)15-16-11-12-18-9-7-8-10-19(18)14-16/h7-12,14,17,20-21H,4-6,13,15H2,1-3H3. The Balaban J connectivity index is 2.16. The van der Waals surface area contributed by atoms with Crippen LogP contribution >= 0.6 is 0 Å². The lowest BCUT2D eigenvalue weighted by Gasteiger charge is -2.27. The summed E-state index contributed by atoms with van der Waals surface area (Å²) in [5, 5.41) is 6.46. The van der Waals surface area contributed by atoms with E-state index in [0.29, 0.717) is 6.04 Å². The van der Waals surface area contributed by atoms with E-state index in [9.17, 15) is 0 Å². The van der Waals surface area contributed by atoms with Crippen molar-refractivity contribution in [1.29, 1.82) is 0 Å². The largest absolute Gasteiger partial charge is 0.313 e. The Labute approximate surface area is 129 Å². The minimum atomic E-state index is 0.598. The highest BCUT2D eigenvalue weighted by Gasteiger charge is 2.18. The van der Waals surface area contributed by atoms with Gasteiger partial charge in [-0.25, -0.2) is 0 Å². The van der Waals surface area contributed by atoms with Crippen LogP contribution in [0.3, 0.4) is 0 Å². The maximum absolute atomic E-state index is 3.77. The predicted molar refractivity (Wildman–Crippen MR) is 93.8 cm³/mol. The van der Waals surface area contributed by atoms with E-state index in [-0.39, 0.29) is 0 Å². The zero-order chi connectivity index (χ0) is 15.1. The fourth-order valence-electron chi connectivity index (χ4n) is 3.21. The van der Waals surface area contributed by atoms with Crippen LogP contribution in [0, 0.1) is 5.92 Å². The van der Waals surface area contributed by atoms with Crippen LogP contribution in [0.1, 0.15) is 45.6 Å². The van der Waals surface area contributed by atoms with Gasteiger partial charge in [-0.05, 0) is 41.6 Å². The third kappa shape index (κ3) is 4.31. The third-order valence-electron chi connectivity index (χ3n) is 4.54. The van der Waals surface area contributed by atoms with Crippen molar-refractivity contribution in [3.05, 3.63) is 48.0 Å². The predicted octanol–water partition coefficient (Wildman–Crippen LogP) is 5.19. The Morgan fingerprint density at radius 3 is 2.29 bits per heavy atom. The highest BCUT2D eigenvalue weighted by molar-refractivity contribution is 5.82. The number of fused-ring (bicyclic) bond motifs is 1. The lowest BCUT2D eigenvalue weighted by atomic mass is 9.89. The average Bonchev–Trinajstić information content (AvgIpc) is 2.53. The fraction of sp³-hybridized carbons (Fsp3) is 0.500. The molecule has 0 bridgehead atoms. The lowest BCUT2D eigenvalue weighted by molar-refractivity contribution is 0.332. The van der Waals surface area contributed by atoms with Crippen molar-refractivity contribution >= 4 is 10.8 Å². The van der Waals surface area contributed by atoms with E-state index >= 15 is 0 Å². The summed E-state index contributed by atoms with van der Waals surface area (Å²) in [4.78, 5) is 0. The zero-order valence-electron chi connectivity index (χ0n) is 13.7. The van der Waals surface area contributed by atoms with Crippen molar-refractivity contribution in [3.63, 3.8) is 0 Å². The van der Waals surface area contributed by atoms with Crippen molar-refractivity contribution < 1.29 is 0 Å². The smallest absolute Gasteiger partial charge is 0.0135 e. The van der Waals surface area contributed by atoms with Gasteiger partial charge in [-0.3, -0.25) is 0 Å². The van der Waals surface area contributed by atoms with E-state index in [1.807, 2.05) is 0 Å². The molecule has 2 aromatic carbocycles. The van der Waals surface area contributed by atoms with Crippen LogP contribution in [0.15, 0.2) is 42.5 Å². The summed E-state index contributed by atoms with van der Waals surface area (Å²) < 4.78 is 0. The van der Waals surface area contributed by atoms with E-state index < -0.39 is 0 Å². The molecule has 0 aromatic heterocycles. The molecule has 0 aliphatic carbocycles. The molecule has 21 heavy (non-hydrogen) atoms. The molecule has 114 valence electrons. The second-order valence-corrected chi connectivity index (χ2v) is 6.02. The number of benzene rings is 2. The van der Waals surface area contributed by atoms with Gasteiger partial charge < -0.3 is 5.32 Å². The second kappa shape index (κ2) is 8.19. The minimum absolute atomic E-state index is 0.598. The molecule has 0 fully saturated rings. The fourth-order valence-corrected chi connectivity index (χ4v) is 3.21. The van der Waals surface area contributed by atoms with Crippen LogP contribution < -0.4 is 5.32 Å². The van der Waals surface area contributed by atoms with Crippen molar-refractivity contribution in [1.82, 2.24) is 5.32 Å². The second-order valence-electron chi connectivity index (χ2n) is 6.02. The molecule has 0 aliphatic rings. The van der Waals surface area contributed by atoms with Crippen LogP contribution in [0.2, 0.25) is 0 Å². The number of hydrogen-bond donors (Lipinski definition) is 1. The van der Waals surface area contributed by atoms with Crippen molar-refractivity contribution in [3.8, 4) is 0 Å². The normalized spacial score (nSPS) is 13.0.